The molecule has 0 aliphatic rings. The van der Waals surface area contributed by atoms with Gasteiger partial charge in [0.25, 0.3) is 0 Å². The van der Waals surface area contributed by atoms with E-state index in [2.05, 4.69) is 0 Å². The van der Waals surface area contributed by atoms with Gasteiger partial charge in [0.1, 0.15) is 0 Å². The van der Waals surface area contributed by atoms with Crippen molar-refractivity contribution in [3.8, 4) is 0 Å². The number of anilines is 2. The fourth-order valence-corrected chi connectivity index (χ4v) is 2.29. The summed E-state index contributed by atoms with van der Waals surface area (Å²) in [6, 6.07) is 3.16. The van der Waals surface area contributed by atoms with Gasteiger partial charge in [0, 0.05) is 33.0 Å². The number of carbonyl (C=O) groups excluding carboxylic acids is 1. The van der Waals surface area contributed by atoms with Crippen molar-refractivity contribution < 1.29 is 19.0 Å². The smallest absolute Gasteiger partial charge is 0.340 e. The van der Waals surface area contributed by atoms with E-state index in [1.54, 1.807) is 26.4 Å². The van der Waals surface area contributed by atoms with Crippen molar-refractivity contribution in [2.24, 2.45) is 0 Å². The van der Waals surface area contributed by atoms with E-state index < -0.39 is 5.97 Å². The minimum absolute atomic E-state index is 0.328. The maximum Gasteiger partial charge on any atom is 0.340 e. The van der Waals surface area contributed by atoms with E-state index in [-0.39, 0.29) is 0 Å². The number of benzene rings is 1. The number of rotatable bonds is 8. The normalized spacial score (nSPS) is 10.5. The molecule has 0 radical (unpaired) electrons. The van der Waals surface area contributed by atoms with Gasteiger partial charge in [0.05, 0.1) is 36.6 Å². The minimum atomic E-state index is -0.487. The molecule has 0 aliphatic heterocycles. The summed E-state index contributed by atoms with van der Waals surface area (Å²) in [5.41, 5.74) is 7.07. The molecular formula is C14H21ClN2O4. The molecule has 0 saturated carbocycles. The van der Waals surface area contributed by atoms with E-state index in [9.17, 15) is 4.79 Å². The van der Waals surface area contributed by atoms with Crippen molar-refractivity contribution in [1.29, 1.82) is 0 Å². The van der Waals surface area contributed by atoms with Gasteiger partial charge in [-0.25, -0.2) is 4.79 Å². The third-order valence-electron chi connectivity index (χ3n) is 2.94. The molecule has 0 spiro atoms. The Morgan fingerprint density at radius 3 is 2.24 bits per heavy atom. The van der Waals surface area contributed by atoms with Crippen molar-refractivity contribution in [3.63, 3.8) is 0 Å². The summed E-state index contributed by atoms with van der Waals surface area (Å²) in [6.45, 7) is 2.11. The maximum absolute atomic E-state index is 12.0. The Bertz CT molecular complexity index is 474. The lowest BCUT2D eigenvalue weighted by Crippen LogP contribution is -2.32. The zero-order valence-electron chi connectivity index (χ0n) is 12.5. The molecular weight excluding hydrogens is 296 g/mol. The number of ether oxygens (including phenoxy) is 3. The van der Waals surface area contributed by atoms with E-state index in [4.69, 9.17) is 31.5 Å². The highest BCUT2D eigenvalue weighted by Gasteiger charge is 2.21. The van der Waals surface area contributed by atoms with Gasteiger partial charge < -0.3 is 24.8 Å². The third-order valence-corrected chi connectivity index (χ3v) is 3.23. The van der Waals surface area contributed by atoms with Crippen LogP contribution < -0.4 is 10.6 Å². The second-order valence-electron chi connectivity index (χ2n) is 4.36. The van der Waals surface area contributed by atoms with Crippen LogP contribution in [0.25, 0.3) is 0 Å². The highest BCUT2D eigenvalue weighted by Crippen LogP contribution is 2.33. The number of methoxy groups -OCH3 is 3. The predicted octanol–water partition coefficient (Wildman–Crippen LogP) is 1.81. The van der Waals surface area contributed by atoms with Crippen LogP contribution in [0.3, 0.4) is 0 Å². The van der Waals surface area contributed by atoms with Gasteiger partial charge in [-0.05, 0) is 12.1 Å². The largest absolute Gasteiger partial charge is 0.465 e. The molecule has 1 aromatic rings. The lowest BCUT2D eigenvalue weighted by molar-refractivity contribution is 0.0601. The summed E-state index contributed by atoms with van der Waals surface area (Å²) >= 11 is 6.28. The number of nitrogens with zero attached hydrogens (tertiary/aromatic N) is 1. The van der Waals surface area contributed by atoms with Gasteiger partial charge in [-0.3, -0.25) is 0 Å². The molecule has 0 aliphatic carbocycles. The van der Waals surface area contributed by atoms with Crippen LogP contribution in [0.15, 0.2) is 12.1 Å². The summed E-state index contributed by atoms with van der Waals surface area (Å²) in [6.07, 6.45) is 0. The molecule has 0 fully saturated rings. The van der Waals surface area contributed by atoms with Crippen LogP contribution in [0, 0.1) is 0 Å². The average molecular weight is 317 g/mol. The predicted molar refractivity (Wildman–Crippen MR) is 83.2 cm³/mol. The molecule has 7 heteroatoms. The highest BCUT2D eigenvalue weighted by atomic mass is 35.5. The summed E-state index contributed by atoms with van der Waals surface area (Å²) in [7, 11) is 4.54. The molecule has 0 atom stereocenters. The Labute approximate surface area is 129 Å². The number of nitrogen functional groups attached to an aromatic ring is 1. The van der Waals surface area contributed by atoms with Gasteiger partial charge >= 0.3 is 5.97 Å². The first-order valence-electron chi connectivity index (χ1n) is 6.45. The molecule has 21 heavy (non-hydrogen) atoms. The van der Waals surface area contributed by atoms with Gasteiger partial charge in [-0.1, -0.05) is 11.6 Å². The fraction of sp³-hybridized carbons (Fsp3) is 0.500. The number of carbonyl (C=O) groups is 1. The van der Waals surface area contributed by atoms with Crippen molar-refractivity contribution in [1.82, 2.24) is 0 Å². The van der Waals surface area contributed by atoms with Crippen molar-refractivity contribution in [2.45, 2.75) is 0 Å². The Balaban J connectivity index is 3.23. The molecule has 6 nitrogen and oxygen atoms in total. The van der Waals surface area contributed by atoms with Crippen LogP contribution in [0.1, 0.15) is 10.4 Å². The maximum atomic E-state index is 12.0. The quantitative estimate of drug-likeness (QED) is 0.582. The second-order valence-corrected chi connectivity index (χ2v) is 4.77. The van der Waals surface area contributed by atoms with Crippen LogP contribution in [0.2, 0.25) is 5.02 Å². The summed E-state index contributed by atoms with van der Waals surface area (Å²) < 4.78 is 15.0. The molecule has 0 bridgehead atoms. The summed E-state index contributed by atoms with van der Waals surface area (Å²) in [5.74, 6) is -0.487. The van der Waals surface area contributed by atoms with Gasteiger partial charge in [-0.15, -0.1) is 0 Å². The Hall–Kier alpha value is -1.50. The number of halogens is 1. The van der Waals surface area contributed by atoms with Crippen LogP contribution in [0.4, 0.5) is 11.4 Å². The Morgan fingerprint density at radius 2 is 1.76 bits per heavy atom. The molecule has 1 rings (SSSR count). The van der Waals surface area contributed by atoms with Crippen molar-refractivity contribution in [2.75, 3.05) is 58.3 Å². The van der Waals surface area contributed by atoms with E-state index in [1.807, 2.05) is 4.90 Å². The standard InChI is InChI=1S/C14H21ClN2O4/c1-19-6-4-17(5-7-20-2)13-11(14(18)21-3)8-10(16)9-12(13)15/h8-9H,4-7,16H2,1-3H3. The Morgan fingerprint density at radius 1 is 1.19 bits per heavy atom. The van der Waals surface area contributed by atoms with Gasteiger partial charge in [0.2, 0.25) is 0 Å². The zero-order valence-corrected chi connectivity index (χ0v) is 13.3. The van der Waals surface area contributed by atoms with Gasteiger partial charge in [0.15, 0.2) is 0 Å². The first-order valence-corrected chi connectivity index (χ1v) is 6.83. The summed E-state index contributed by atoms with van der Waals surface area (Å²) in [4.78, 5) is 13.9. The zero-order chi connectivity index (χ0) is 15.8. The average Bonchev–Trinajstić information content (AvgIpc) is 2.47. The molecule has 1 aromatic carbocycles. The number of nitrogens with two attached hydrogens (primary N) is 1. The number of esters is 1. The fourth-order valence-electron chi connectivity index (χ4n) is 1.95. The SMILES string of the molecule is COCCN(CCOC)c1c(Cl)cc(N)cc1C(=O)OC. The molecule has 0 amide bonds. The summed E-state index contributed by atoms with van der Waals surface area (Å²) in [5, 5.41) is 0.391. The van der Waals surface area contributed by atoms with Crippen LogP contribution >= 0.6 is 11.6 Å². The second kappa shape index (κ2) is 8.71. The van der Waals surface area contributed by atoms with Crippen molar-refractivity contribution in [3.05, 3.63) is 22.7 Å². The van der Waals surface area contributed by atoms with Gasteiger partial charge in [-0.2, -0.15) is 0 Å². The van der Waals surface area contributed by atoms with E-state index in [0.717, 1.165) is 0 Å². The van der Waals surface area contributed by atoms with Crippen LogP contribution in [-0.4, -0.2) is 53.6 Å². The lowest BCUT2D eigenvalue weighted by Gasteiger charge is -2.27. The highest BCUT2D eigenvalue weighted by molar-refractivity contribution is 6.34. The number of hydrogen-bond donors (Lipinski definition) is 1. The molecule has 118 valence electrons. The topological polar surface area (TPSA) is 74.0 Å². The Kier molecular flexibility index (Phi) is 7.28. The first-order chi connectivity index (χ1) is 10.0. The molecule has 0 aromatic heterocycles. The molecule has 2 N–H and O–H groups in total. The third kappa shape index (κ3) is 4.77. The van der Waals surface area contributed by atoms with Crippen LogP contribution in [-0.2, 0) is 14.2 Å². The molecule has 0 unspecified atom stereocenters. The van der Waals surface area contributed by atoms with E-state index in [1.165, 1.54) is 7.11 Å². The van der Waals surface area contributed by atoms with Crippen LogP contribution in [0.5, 0.6) is 0 Å². The molecule has 0 heterocycles. The lowest BCUT2D eigenvalue weighted by atomic mass is 10.1. The van der Waals surface area contributed by atoms with Crippen molar-refractivity contribution >= 4 is 28.9 Å². The van der Waals surface area contributed by atoms with E-state index in [0.29, 0.717) is 48.3 Å². The number of hydrogen-bond acceptors (Lipinski definition) is 6. The van der Waals surface area contributed by atoms with E-state index >= 15 is 0 Å². The monoisotopic (exact) mass is 316 g/mol. The first kappa shape index (κ1) is 17.6. The minimum Gasteiger partial charge on any atom is -0.465 e. The molecule has 0 saturated heterocycles.